The monoisotopic (exact) mass is 278 g/mol. The molecule has 5 heteroatoms. The predicted molar refractivity (Wildman–Crippen MR) is 80.1 cm³/mol. The molecule has 19 heavy (non-hydrogen) atoms. The van der Waals surface area contributed by atoms with Gasteiger partial charge >= 0.3 is 0 Å². The Kier molecular flexibility index (Phi) is 3.84. The highest BCUT2D eigenvalue weighted by Crippen LogP contribution is 2.33. The molecule has 4 nitrogen and oxygen atoms in total. The number of piperidine rings is 1. The molecule has 0 radical (unpaired) electrons. The molecule has 1 unspecified atom stereocenters. The van der Waals surface area contributed by atoms with E-state index >= 15 is 0 Å². The zero-order valence-electron chi connectivity index (χ0n) is 11.5. The molecule has 1 aromatic rings. The smallest absolute Gasteiger partial charge is 0.199 e. The molecule has 1 saturated heterocycles. The first kappa shape index (κ1) is 13.1. The van der Waals surface area contributed by atoms with E-state index in [4.69, 9.17) is 12.2 Å². The molecule has 0 amide bonds. The number of rotatable bonds is 1. The van der Waals surface area contributed by atoms with E-state index < -0.39 is 0 Å². The van der Waals surface area contributed by atoms with E-state index in [9.17, 15) is 0 Å². The Balaban J connectivity index is 2.04. The number of nitrogens with one attached hydrogen (secondary N) is 2. The van der Waals surface area contributed by atoms with Gasteiger partial charge in [0, 0.05) is 23.8 Å². The quantitative estimate of drug-likeness (QED) is 0.775. The summed E-state index contributed by atoms with van der Waals surface area (Å²) in [6.07, 6.45) is 7.39. The van der Waals surface area contributed by atoms with Crippen molar-refractivity contribution in [3.63, 3.8) is 0 Å². The minimum Gasteiger partial charge on any atom is -0.370 e. The van der Waals surface area contributed by atoms with Gasteiger partial charge in [-0.25, -0.2) is 4.98 Å². The molecule has 2 aliphatic heterocycles. The normalized spacial score (nSPS) is 24.4. The highest BCUT2D eigenvalue weighted by molar-refractivity contribution is 7.71. The number of anilines is 1. The maximum absolute atomic E-state index is 5.31. The van der Waals surface area contributed by atoms with Gasteiger partial charge in [0.2, 0.25) is 0 Å². The SMILES string of the molecule is CN1CCCCC1c1[nH]c(=S)nc2c1CCCCN2. The van der Waals surface area contributed by atoms with Crippen molar-refractivity contribution in [2.75, 3.05) is 25.5 Å². The summed E-state index contributed by atoms with van der Waals surface area (Å²) in [7, 11) is 2.22. The van der Waals surface area contributed by atoms with Gasteiger partial charge in [-0.05, 0) is 57.9 Å². The molecule has 3 rings (SSSR count). The fourth-order valence-corrected chi connectivity index (χ4v) is 3.47. The van der Waals surface area contributed by atoms with Gasteiger partial charge < -0.3 is 10.3 Å². The summed E-state index contributed by atoms with van der Waals surface area (Å²) in [5.41, 5.74) is 2.68. The summed E-state index contributed by atoms with van der Waals surface area (Å²) in [4.78, 5) is 10.3. The van der Waals surface area contributed by atoms with Crippen molar-refractivity contribution in [2.45, 2.75) is 44.6 Å². The van der Waals surface area contributed by atoms with E-state index in [2.05, 4.69) is 27.2 Å². The van der Waals surface area contributed by atoms with Crippen LogP contribution in [-0.2, 0) is 6.42 Å². The molecular weight excluding hydrogens is 256 g/mol. The molecule has 1 atom stereocenters. The third-order valence-corrected chi connectivity index (χ3v) is 4.51. The van der Waals surface area contributed by atoms with E-state index in [1.54, 1.807) is 0 Å². The van der Waals surface area contributed by atoms with Crippen LogP contribution in [0.4, 0.5) is 5.82 Å². The molecule has 2 aliphatic rings. The van der Waals surface area contributed by atoms with Crippen LogP contribution in [0.15, 0.2) is 0 Å². The molecule has 2 N–H and O–H groups in total. The van der Waals surface area contributed by atoms with Gasteiger partial charge in [0.15, 0.2) is 4.77 Å². The van der Waals surface area contributed by atoms with E-state index in [0.717, 1.165) is 18.8 Å². The highest BCUT2D eigenvalue weighted by atomic mass is 32.1. The van der Waals surface area contributed by atoms with Crippen LogP contribution >= 0.6 is 12.2 Å². The number of aromatic amines is 1. The highest BCUT2D eigenvalue weighted by Gasteiger charge is 2.26. The maximum atomic E-state index is 5.31. The molecule has 0 bridgehead atoms. The molecule has 3 heterocycles. The largest absolute Gasteiger partial charge is 0.370 e. The number of H-pyrrole nitrogens is 1. The van der Waals surface area contributed by atoms with E-state index in [-0.39, 0.29) is 0 Å². The van der Waals surface area contributed by atoms with Gasteiger partial charge in [-0.1, -0.05) is 6.42 Å². The van der Waals surface area contributed by atoms with Crippen molar-refractivity contribution in [3.05, 3.63) is 16.0 Å². The van der Waals surface area contributed by atoms with Gasteiger partial charge in [-0.3, -0.25) is 4.90 Å². The van der Waals surface area contributed by atoms with Crippen LogP contribution in [-0.4, -0.2) is 35.0 Å². The summed E-state index contributed by atoms with van der Waals surface area (Å²) in [6.45, 7) is 2.19. The zero-order chi connectivity index (χ0) is 13.2. The van der Waals surface area contributed by atoms with Crippen LogP contribution in [0.1, 0.15) is 49.4 Å². The number of fused-ring (bicyclic) bond motifs is 1. The Hall–Kier alpha value is -0.940. The van der Waals surface area contributed by atoms with Crippen molar-refractivity contribution in [2.24, 2.45) is 0 Å². The molecule has 0 aromatic carbocycles. The molecule has 104 valence electrons. The summed E-state index contributed by atoms with van der Waals surface area (Å²) < 4.78 is 0.613. The molecule has 0 spiro atoms. The lowest BCUT2D eigenvalue weighted by Crippen LogP contribution is -2.31. The van der Waals surface area contributed by atoms with Crippen molar-refractivity contribution in [1.29, 1.82) is 0 Å². The van der Waals surface area contributed by atoms with Gasteiger partial charge in [0.05, 0.1) is 0 Å². The van der Waals surface area contributed by atoms with Gasteiger partial charge in [0.25, 0.3) is 0 Å². The minimum absolute atomic E-state index is 0.479. The van der Waals surface area contributed by atoms with Gasteiger partial charge in [-0.15, -0.1) is 0 Å². The van der Waals surface area contributed by atoms with E-state index in [1.165, 1.54) is 49.9 Å². The fourth-order valence-electron chi connectivity index (χ4n) is 3.27. The van der Waals surface area contributed by atoms with Gasteiger partial charge in [-0.2, -0.15) is 0 Å². The summed E-state index contributed by atoms with van der Waals surface area (Å²) in [6, 6.07) is 0.479. The van der Waals surface area contributed by atoms with Crippen LogP contribution in [0.2, 0.25) is 0 Å². The summed E-state index contributed by atoms with van der Waals surface area (Å²) >= 11 is 5.31. The van der Waals surface area contributed by atoms with Crippen molar-refractivity contribution < 1.29 is 0 Å². The van der Waals surface area contributed by atoms with Gasteiger partial charge in [0.1, 0.15) is 5.82 Å². The second kappa shape index (κ2) is 5.59. The first-order chi connectivity index (χ1) is 9.25. The topological polar surface area (TPSA) is 44.0 Å². The molecule has 0 saturated carbocycles. The molecular formula is C14H22N4S. The number of hydrogen-bond acceptors (Lipinski definition) is 4. The standard InChI is InChI=1S/C14H22N4S/c1-18-9-5-3-7-11(18)12-10-6-2-4-8-15-13(10)17-14(19)16-12/h11H,2-9H2,1H3,(H2,15,16,17,19). The van der Waals surface area contributed by atoms with Crippen LogP contribution in [0.5, 0.6) is 0 Å². The first-order valence-electron chi connectivity index (χ1n) is 7.33. The average Bonchev–Trinajstić information content (AvgIpc) is 2.63. The lowest BCUT2D eigenvalue weighted by Gasteiger charge is -2.33. The number of aromatic nitrogens is 2. The Labute approximate surface area is 119 Å². The van der Waals surface area contributed by atoms with Crippen molar-refractivity contribution in [3.8, 4) is 0 Å². The Morgan fingerprint density at radius 3 is 3.00 bits per heavy atom. The second-order valence-corrected chi connectivity index (χ2v) is 6.05. The number of nitrogens with zero attached hydrogens (tertiary/aromatic N) is 2. The third-order valence-electron chi connectivity index (χ3n) is 4.32. The first-order valence-corrected chi connectivity index (χ1v) is 7.74. The van der Waals surface area contributed by atoms with E-state index in [1.807, 2.05) is 0 Å². The van der Waals surface area contributed by atoms with Crippen LogP contribution in [0.3, 0.4) is 0 Å². The Morgan fingerprint density at radius 1 is 1.26 bits per heavy atom. The summed E-state index contributed by atoms with van der Waals surface area (Å²) in [5.74, 6) is 1.02. The average molecular weight is 278 g/mol. The lowest BCUT2D eigenvalue weighted by molar-refractivity contribution is 0.182. The number of hydrogen-bond donors (Lipinski definition) is 2. The number of likely N-dealkylation sites (tertiary alicyclic amines) is 1. The molecule has 0 aliphatic carbocycles. The summed E-state index contributed by atoms with van der Waals surface area (Å²) in [5, 5.41) is 3.44. The molecule has 1 aromatic heterocycles. The van der Waals surface area contributed by atoms with Crippen molar-refractivity contribution in [1.82, 2.24) is 14.9 Å². The zero-order valence-corrected chi connectivity index (χ0v) is 12.4. The minimum atomic E-state index is 0.479. The fraction of sp³-hybridized carbons (Fsp3) is 0.714. The lowest BCUT2D eigenvalue weighted by atomic mass is 9.95. The maximum Gasteiger partial charge on any atom is 0.199 e. The predicted octanol–water partition coefficient (Wildman–Crippen LogP) is 3.04. The van der Waals surface area contributed by atoms with Crippen LogP contribution in [0, 0.1) is 4.77 Å². The van der Waals surface area contributed by atoms with Crippen LogP contribution < -0.4 is 5.32 Å². The second-order valence-electron chi connectivity index (χ2n) is 5.66. The van der Waals surface area contributed by atoms with E-state index in [0.29, 0.717) is 10.8 Å². The van der Waals surface area contributed by atoms with Crippen LogP contribution in [0.25, 0.3) is 0 Å². The Bertz CT molecular complexity index is 511. The molecule has 1 fully saturated rings. The van der Waals surface area contributed by atoms with Crippen molar-refractivity contribution >= 4 is 18.0 Å². The third kappa shape index (κ3) is 2.67. The Morgan fingerprint density at radius 2 is 2.16 bits per heavy atom.